The molecule has 0 spiro atoms. The van der Waals surface area contributed by atoms with E-state index >= 15 is 0 Å². The molecule has 26 heavy (non-hydrogen) atoms. The molecular formula is C19H15Cl2N5. The van der Waals surface area contributed by atoms with E-state index < -0.39 is 0 Å². The largest absolute Gasteiger partial charge is 0.348 e. The minimum absolute atomic E-state index is 0.413. The van der Waals surface area contributed by atoms with Crippen molar-refractivity contribution in [2.45, 2.75) is 13.5 Å². The fourth-order valence-electron chi connectivity index (χ4n) is 2.83. The van der Waals surface area contributed by atoms with Crippen LogP contribution in [0.2, 0.25) is 10.2 Å². The standard InChI is InChI=1S/C19H15Cl2N5/c1-12-10-16(21)24-19(23-12)22-11-15-18(13-5-7-14(20)8-6-13)25-17-4-2-3-9-26(15)17/h2-10H,11H2,1H3,(H,22,23,24). The molecule has 0 unspecified atom stereocenters. The van der Waals surface area contributed by atoms with E-state index in [2.05, 4.69) is 15.3 Å². The summed E-state index contributed by atoms with van der Waals surface area (Å²) in [5.74, 6) is 0.489. The van der Waals surface area contributed by atoms with Gasteiger partial charge in [-0.3, -0.25) is 0 Å². The number of fused-ring (bicyclic) bond motifs is 1. The van der Waals surface area contributed by atoms with Crippen molar-refractivity contribution >= 4 is 34.8 Å². The Kier molecular flexibility index (Phi) is 4.49. The third-order valence-corrected chi connectivity index (χ3v) is 4.43. The molecule has 3 heterocycles. The summed E-state index contributed by atoms with van der Waals surface area (Å²) in [6.45, 7) is 2.38. The number of halogens is 2. The number of benzene rings is 1. The first-order valence-electron chi connectivity index (χ1n) is 8.07. The van der Waals surface area contributed by atoms with Gasteiger partial charge in [0.15, 0.2) is 0 Å². The summed E-state index contributed by atoms with van der Waals surface area (Å²) < 4.78 is 2.05. The van der Waals surface area contributed by atoms with Crippen LogP contribution < -0.4 is 5.32 Å². The summed E-state index contributed by atoms with van der Waals surface area (Å²) in [5.41, 5.74) is 4.57. The van der Waals surface area contributed by atoms with Gasteiger partial charge < -0.3 is 9.72 Å². The van der Waals surface area contributed by atoms with Crippen LogP contribution in [-0.2, 0) is 6.54 Å². The molecule has 0 aliphatic heterocycles. The van der Waals surface area contributed by atoms with E-state index in [4.69, 9.17) is 28.2 Å². The maximum atomic E-state index is 6.03. The van der Waals surface area contributed by atoms with Crippen LogP contribution in [0.3, 0.4) is 0 Å². The number of pyridine rings is 1. The van der Waals surface area contributed by atoms with Crippen LogP contribution in [-0.4, -0.2) is 19.4 Å². The van der Waals surface area contributed by atoms with Crippen molar-refractivity contribution in [3.8, 4) is 11.3 Å². The van der Waals surface area contributed by atoms with Crippen LogP contribution in [0, 0.1) is 6.92 Å². The first-order valence-corrected chi connectivity index (χ1v) is 8.83. The van der Waals surface area contributed by atoms with Crippen molar-refractivity contribution in [2.24, 2.45) is 0 Å². The summed E-state index contributed by atoms with van der Waals surface area (Å²) in [4.78, 5) is 13.4. The van der Waals surface area contributed by atoms with Gasteiger partial charge in [-0.05, 0) is 37.3 Å². The highest BCUT2D eigenvalue weighted by molar-refractivity contribution is 6.30. The van der Waals surface area contributed by atoms with Crippen molar-refractivity contribution < 1.29 is 0 Å². The maximum absolute atomic E-state index is 6.03. The van der Waals surface area contributed by atoms with Crippen LogP contribution >= 0.6 is 23.2 Å². The van der Waals surface area contributed by atoms with E-state index in [0.29, 0.717) is 22.7 Å². The van der Waals surface area contributed by atoms with Gasteiger partial charge >= 0.3 is 0 Å². The molecule has 4 rings (SSSR count). The first-order chi connectivity index (χ1) is 12.6. The van der Waals surface area contributed by atoms with Gasteiger partial charge in [-0.1, -0.05) is 41.4 Å². The molecule has 0 atom stereocenters. The van der Waals surface area contributed by atoms with E-state index in [-0.39, 0.29) is 0 Å². The second kappa shape index (κ2) is 6.94. The fraction of sp³-hybridized carbons (Fsp3) is 0.105. The molecule has 0 aliphatic rings. The highest BCUT2D eigenvalue weighted by Gasteiger charge is 2.14. The summed E-state index contributed by atoms with van der Waals surface area (Å²) in [5, 5.41) is 4.36. The highest BCUT2D eigenvalue weighted by Crippen LogP contribution is 2.26. The van der Waals surface area contributed by atoms with Crippen LogP contribution in [0.5, 0.6) is 0 Å². The molecule has 3 aromatic heterocycles. The normalized spacial score (nSPS) is 11.0. The van der Waals surface area contributed by atoms with Crippen molar-refractivity contribution in [2.75, 3.05) is 5.32 Å². The van der Waals surface area contributed by atoms with Gasteiger partial charge in [0.2, 0.25) is 5.95 Å². The monoisotopic (exact) mass is 383 g/mol. The Bertz CT molecular complexity index is 1050. The molecule has 0 fully saturated rings. The zero-order chi connectivity index (χ0) is 18.1. The molecule has 0 bridgehead atoms. The summed E-state index contributed by atoms with van der Waals surface area (Å²) in [6.07, 6.45) is 1.99. The highest BCUT2D eigenvalue weighted by atomic mass is 35.5. The number of aryl methyl sites for hydroxylation is 1. The molecule has 130 valence electrons. The zero-order valence-electron chi connectivity index (χ0n) is 13.9. The molecular weight excluding hydrogens is 369 g/mol. The van der Waals surface area contributed by atoms with Gasteiger partial charge in [-0.2, -0.15) is 0 Å². The second-order valence-electron chi connectivity index (χ2n) is 5.85. The first kappa shape index (κ1) is 16.8. The molecule has 0 radical (unpaired) electrons. The van der Waals surface area contributed by atoms with Crippen LogP contribution in [0.25, 0.3) is 16.9 Å². The average Bonchev–Trinajstić information content (AvgIpc) is 2.98. The third kappa shape index (κ3) is 3.36. The lowest BCUT2D eigenvalue weighted by molar-refractivity contribution is 0.969. The minimum atomic E-state index is 0.413. The molecule has 5 nitrogen and oxygen atoms in total. The number of aromatic nitrogens is 4. The molecule has 0 aliphatic carbocycles. The number of anilines is 1. The van der Waals surface area contributed by atoms with Crippen LogP contribution in [0.4, 0.5) is 5.95 Å². The Morgan fingerprint density at radius 2 is 1.81 bits per heavy atom. The van der Waals surface area contributed by atoms with Crippen molar-refractivity contribution in [3.63, 3.8) is 0 Å². The lowest BCUT2D eigenvalue weighted by atomic mass is 10.1. The van der Waals surface area contributed by atoms with E-state index in [1.165, 1.54) is 0 Å². The SMILES string of the molecule is Cc1cc(Cl)nc(NCc2c(-c3ccc(Cl)cc3)nc3ccccn23)n1. The quantitative estimate of drug-likeness (QED) is 0.502. The topological polar surface area (TPSA) is 55.1 Å². The smallest absolute Gasteiger partial charge is 0.224 e. The minimum Gasteiger partial charge on any atom is -0.348 e. The van der Waals surface area contributed by atoms with Gasteiger partial charge in [0.25, 0.3) is 0 Å². The van der Waals surface area contributed by atoms with E-state index in [1.807, 2.05) is 60.0 Å². The lowest BCUT2D eigenvalue weighted by Gasteiger charge is -2.08. The van der Waals surface area contributed by atoms with Gasteiger partial charge in [0.1, 0.15) is 10.8 Å². The predicted octanol–water partition coefficient (Wildman–Crippen LogP) is 5.02. The number of hydrogen-bond donors (Lipinski definition) is 1. The number of rotatable bonds is 4. The molecule has 0 saturated heterocycles. The summed E-state index contributed by atoms with van der Waals surface area (Å²) in [6, 6.07) is 15.3. The number of nitrogens with one attached hydrogen (secondary N) is 1. The lowest BCUT2D eigenvalue weighted by Crippen LogP contribution is -2.07. The van der Waals surface area contributed by atoms with E-state index in [9.17, 15) is 0 Å². The number of nitrogens with zero attached hydrogens (tertiary/aromatic N) is 4. The Morgan fingerprint density at radius 1 is 1.00 bits per heavy atom. The molecule has 1 aromatic carbocycles. The van der Waals surface area contributed by atoms with Gasteiger partial charge in [-0.15, -0.1) is 0 Å². The summed E-state index contributed by atoms with van der Waals surface area (Å²) >= 11 is 12.0. The Morgan fingerprint density at radius 3 is 2.58 bits per heavy atom. The summed E-state index contributed by atoms with van der Waals surface area (Å²) in [7, 11) is 0. The van der Waals surface area contributed by atoms with Gasteiger partial charge in [-0.25, -0.2) is 15.0 Å². The number of hydrogen-bond acceptors (Lipinski definition) is 4. The maximum Gasteiger partial charge on any atom is 0.224 e. The van der Waals surface area contributed by atoms with Crippen molar-refractivity contribution in [1.29, 1.82) is 0 Å². The zero-order valence-corrected chi connectivity index (χ0v) is 15.5. The number of imidazole rings is 1. The average molecular weight is 384 g/mol. The second-order valence-corrected chi connectivity index (χ2v) is 6.68. The molecule has 1 N–H and O–H groups in total. The molecule has 4 aromatic rings. The Hall–Kier alpha value is -2.63. The van der Waals surface area contributed by atoms with Crippen molar-refractivity contribution in [1.82, 2.24) is 19.4 Å². The van der Waals surface area contributed by atoms with Crippen LogP contribution in [0.1, 0.15) is 11.4 Å². The van der Waals surface area contributed by atoms with Crippen molar-refractivity contribution in [3.05, 3.63) is 76.3 Å². The Labute approximate surface area is 160 Å². The van der Waals surface area contributed by atoms with E-state index in [1.54, 1.807) is 6.07 Å². The van der Waals surface area contributed by atoms with Crippen LogP contribution in [0.15, 0.2) is 54.7 Å². The molecule has 7 heteroatoms. The Balaban J connectivity index is 1.75. The molecule has 0 saturated carbocycles. The van der Waals surface area contributed by atoms with E-state index in [0.717, 1.165) is 28.3 Å². The van der Waals surface area contributed by atoms with Gasteiger partial charge in [0.05, 0.1) is 17.9 Å². The third-order valence-electron chi connectivity index (χ3n) is 3.98. The fourth-order valence-corrected chi connectivity index (χ4v) is 3.19. The van der Waals surface area contributed by atoms with Gasteiger partial charge in [0, 0.05) is 22.5 Å². The predicted molar refractivity (Wildman–Crippen MR) is 105 cm³/mol. The molecule has 0 amide bonds.